The van der Waals surface area contributed by atoms with Gasteiger partial charge >= 0.3 is 0 Å². The molecule has 0 bridgehead atoms. The van der Waals surface area contributed by atoms with E-state index in [2.05, 4.69) is 4.99 Å². The maximum absolute atomic E-state index is 11.0. The fourth-order valence-corrected chi connectivity index (χ4v) is 2.11. The van der Waals surface area contributed by atoms with Gasteiger partial charge in [-0.05, 0) is 24.3 Å². The van der Waals surface area contributed by atoms with Gasteiger partial charge < -0.3 is 4.74 Å². The van der Waals surface area contributed by atoms with Crippen molar-refractivity contribution < 1.29 is 9.53 Å². The number of carbonyl (C=O) groups is 1. The van der Waals surface area contributed by atoms with Crippen LogP contribution < -0.4 is 4.74 Å². The zero-order valence-corrected chi connectivity index (χ0v) is 9.21. The normalized spacial score (nSPS) is 18.5. The number of hydrogen-bond donors (Lipinski definition) is 0. The van der Waals surface area contributed by atoms with Crippen LogP contribution in [0.1, 0.15) is 6.42 Å². The number of aliphatic imine (C=N–C) groups is 1. The Labute approximate surface area is 92.5 Å². The quantitative estimate of drug-likeness (QED) is 0.770. The first-order valence-corrected chi connectivity index (χ1v) is 5.62. The molecule has 1 aliphatic rings. The van der Waals surface area contributed by atoms with Crippen LogP contribution in [0, 0.1) is 0 Å². The topological polar surface area (TPSA) is 38.7 Å². The van der Waals surface area contributed by atoms with Crippen LogP contribution in [0.15, 0.2) is 29.3 Å². The van der Waals surface area contributed by atoms with Crippen LogP contribution in [0.4, 0.5) is 5.69 Å². The molecule has 3 nitrogen and oxygen atoms in total. The molecule has 0 amide bonds. The predicted octanol–water partition coefficient (Wildman–Crippen LogP) is 2.43. The average Bonchev–Trinajstić information content (AvgIpc) is 2.65. The fraction of sp³-hybridized carbons (Fsp3) is 0.273. The summed E-state index contributed by atoms with van der Waals surface area (Å²) in [7, 11) is 1.63. The molecule has 1 heterocycles. The standard InChI is InChI=1S/C11H11NO2S/c1-14-10-4-2-8(3-5-10)12-9-6-11(13)15-7-9/h2-5H,6-7H2,1H3. The minimum atomic E-state index is 0.210. The van der Waals surface area contributed by atoms with Crippen LogP contribution in [0.3, 0.4) is 0 Å². The summed E-state index contributed by atoms with van der Waals surface area (Å²) >= 11 is 1.34. The number of methoxy groups -OCH3 is 1. The van der Waals surface area contributed by atoms with Gasteiger partial charge in [-0.15, -0.1) is 0 Å². The summed E-state index contributed by atoms with van der Waals surface area (Å²) in [6.45, 7) is 0. The third-order valence-corrected chi connectivity index (χ3v) is 3.05. The van der Waals surface area contributed by atoms with Crippen LogP contribution in [-0.4, -0.2) is 23.7 Å². The molecule has 78 valence electrons. The van der Waals surface area contributed by atoms with Crippen molar-refractivity contribution in [3.8, 4) is 5.75 Å². The number of thioether (sulfide) groups is 1. The molecule has 0 aromatic heterocycles. The Kier molecular flexibility index (Phi) is 3.06. The van der Waals surface area contributed by atoms with Gasteiger partial charge in [0.05, 0.1) is 19.2 Å². The molecule has 0 unspecified atom stereocenters. The Balaban J connectivity index is 2.13. The molecule has 1 saturated heterocycles. The number of hydrogen-bond acceptors (Lipinski definition) is 4. The summed E-state index contributed by atoms with van der Waals surface area (Å²) in [5, 5.41) is 0.210. The van der Waals surface area contributed by atoms with E-state index in [9.17, 15) is 4.79 Å². The molecule has 0 radical (unpaired) electrons. The molecule has 1 aliphatic heterocycles. The van der Waals surface area contributed by atoms with Crippen LogP contribution >= 0.6 is 11.8 Å². The van der Waals surface area contributed by atoms with Gasteiger partial charge in [0, 0.05) is 11.5 Å². The summed E-state index contributed by atoms with van der Waals surface area (Å²) in [6.07, 6.45) is 0.483. The van der Waals surface area contributed by atoms with E-state index in [4.69, 9.17) is 4.74 Å². The predicted molar refractivity (Wildman–Crippen MR) is 62.2 cm³/mol. The molecule has 0 saturated carbocycles. The average molecular weight is 221 g/mol. The summed E-state index contributed by atoms with van der Waals surface area (Å²) in [5.41, 5.74) is 1.83. The minimum Gasteiger partial charge on any atom is -0.497 e. The van der Waals surface area contributed by atoms with E-state index in [0.29, 0.717) is 6.42 Å². The lowest BCUT2D eigenvalue weighted by Crippen LogP contribution is -1.94. The Bertz CT molecular complexity index is 398. The summed E-state index contributed by atoms with van der Waals surface area (Å²) in [4.78, 5) is 15.4. The van der Waals surface area contributed by atoms with Crippen molar-refractivity contribution in [3.05, 3.63) is 24.3 Å². The molecular weight excluding hydrogens is 210 g/mol. The monoisotopic (exact) mass is 221 g/mol. The zero-order chi connectivity index (χ0) is 10.7. The first-order chi connectivity index (χ1) is 7.28. The molecule has 0 aliphatic carbocycles. The summed E-state index contributed by atoms with van der Waals surface area (Å²) < 4.78 is 5.05. The maximum Gasteiger partial charge on any atom is 0.194 e. The highest BCUT2D eigenvalue weighted by Gasteiger charge is 2.17. The van der Waals surface area contributed by atoms with Crippen LogP contribution in [0.2, 0.25) is 0 Å². The van der Waals surface area contributed by atoms with Gasteiger partial charge in [0.1, 0.15) is 5.75 Å². The van der Waals surface area contributed by atoms with Crippen molar-refractivity contribution in [2.24, 2.45) is 4.99 Å². The largest absolute Gasteiger partial charge is 0.497 e. The summed E-state index contributed by atoms with van der Waals surface area (Å²) in [6, 6.07) is 7.51. The van der Waals surface area contributed by atoms with E-state index >= 15 is 0 Å². The van der Waals surface area contributed by atoms with Crippen molar-refractivity contribution in [1.29, 1.82) is 0 Å². The SMILES string of the molecule is COc1ccc(N=C2CSC(=O)C2)cc1. The van der Waals surface area contributed by atoms with Gasteiger partial charge in [-0.25, -0.2) is 0 Å². The molecule has 15 heavy (non-hydrogen) atoms. The summed E-state index contributed by atoms with van der Waals surface area (Å²) in [5.74, 6) is 1.54. The third kappa shape index (κ3) is 2.59. The molecule has 4 heteroatoms. The van der Waals surface area contributed by atoms with Gasteiger partial charge in [0.2, 0.25) is 0 Å². The molecular formula is C11H11NO2S. The van der Waals surface area contributed by atoms with Crippen molar-refractivity contribution >= 4 is 28.3 Å². The lowest BCUT2D eigenvalue weighted by atomic mass is 10.3. The van der Waals surface area contributed by atoms with Gasteiger partial charge in [-0.1, -0.05) is 11.8 Å². The second-order valence-corrected chi connectivity index (χ2v) is 4.25. The second-order valence-electron chi connectivity index (χ2n) is 3.21. The minimum absolute atomic E-state index is 0.210. The van der Waals surface area contributed by atoms with E-state index < -0.39 is 0 Å². The van der Waals surface area contributed by atoms with Crippen molar-refractivity contribution in [3.63, 3.8) is 0 Å². The van der Waals surface area contributed by atoms with Gasteiger partial charge in [-0.3, -0.25) is 9.79 Å². The van der Waals surface area contributed by atoms with E-state index in [1.807, 2.05) is 24.3 Å². The molecule has 1 fully saturated rings. The molecule has 2 rings (SSSR count). The van der Waals surface area contributed by atoms with Crippen LogP contribution in [0.5, 0.6) is 5.75 Å². The molecule has 0 atom stereocenters. The molecule has 1 aromatic rings. The van der Waals surface area contributed by atoms with Crippen molar-refractivity contribution in [2.45, 2.75) is 6.42 Å². The Hall–Kier alpha value is -1.29. The number of ether oxygens (including phenoxy) is 1. The molecule has 0 spiro atoms. The third-order valence-electron chi connectivity index (χ3n) is 2.11. The van der Waals surface area contributed by atoms with Crippen LogP contribution in [0.25, 0.3) is 0 Å². The first kappa shape index (κ1) is 10.2. The second kappa shape index (κ2) is 4.49. The number of rotatable bonds is 2. The highest BCUT2D eigenvalue weighted by atomic mass is 32.2. The Morgan fingerprint density at radius 3 is 2.60 bits per heavy atom. The van der Waals surface area contributed by atoms with Crippen molar-refractivity contribution in [2.75, 3.05) is 12.9 Å². The molecule has 1 aromatic carbocycles. The van der Waals surface area contributed by atoms with Gasteiger partial charge in [0.25, 0.3) is 0 Å². The number of carbonyl (C=O) groups excluding carboxylic acids is 1. The van der Waals surface area contributed by atoms with Gasteiger partial charge in [-0.2, -0.15) is 0 Å². The first-order valence-electron chi connectivity index (χ1n) is 4.64. The smallest absolute Gasteiger partial charge is 0.194 e. The Morgan fingerprint density at radius 2 is 2.07 bits per heavy atom. The van der Waals surface area contributed by atoms with Gasteiger partial charge in [0.15, 0.2) is 5.12 Å². The van der Waals surface area contributed by atoms with E-state index in [1.54, 1.807) is 7.11 Å². The molecule has 0 N–H and O–H groups in total. The fourth-order valence-electron chi connectivity index (χ4n) is 1.34. The van der Waals surface area contributed by atoms with Crippen molar-refractivity contribution in [1.82, 2.24) is 0 Å². The van der Waals surface area contributed by atoms with E-state index in [1.165, 1.54) is 11.8 Å². The van der Waals surface area contributed by atoms with E-state index in [-0.39, 0.29) is 5.12 Å². The zero-order valence-electron chi connectivity index (χ0n) is 8.40. The highest BCUT2D eigenvalue weighted by molar-refractivity contribution is 8.14. The Morgan fingerprint density at radius 1 is 1.33 bits per heavy atom. The number of benzene rings is 1. The maximum atomic E-state index is 11.0. The lowest BCUT2D eigenvalue weighted by molar-refractivity contribution is -0.109. The highest BCUT2D eigenvalue weighted by Crippen LogP contribution is 2.22. The number of nitrogens with zero attached hydrogens (tertiary/aromatic N) is 1. The lowest BCUT2D eigenvalue weighted by Gasteiger charge is -1.99. The van der Waals surface area contributed by atoms with Crippen LogP contribution in [-0.2, 0) is 4.79 Å². The van der Waals surface area contributed by atoms with E-state index in [0.717, 1.165) is 22.9 Å².